The fraction of sp³-hybridized carbons (Fsp3) is 0.714. The van der Waals surface area contributed by atoms with E-state index in [0.29, 0.717) is 52.9 Å². The number of hydrogen-bond acceptors (Lipinski definition) is 11. The van der Waals surface area contributed by atoms with Crippen molar-refractivity contribution >= 4 is 0 Å². The summed E-state index contributed by atoms with van der Waals surface area (Å²) in [6.45, 7) is 21.9. The van der Waals surface area contributed by atoms with Gasteiger partial charge in [0.05, 0.1) is 26.4 Å². The van der Waals surface area contributed by atoms with Crippen molar-refractivity contribution in [2.24, 2.45) is 0 Å². The molecule has 0 aliphatic rings. The molecule has 0 bridgehead atoms. The highest BCUT2D eigenvalue weighted by Crippen LogP contribution is 2.41. The molecule has 422 valence electrons. The normalized spacial score (nSPS) is 15.4. The molecule has 11 heteroatoms. The maximum atomic E-state index is 10.9. The van der Waals surface area contributed by atoms with Crippen molar-refractivity contribution in [2.45, 2.75) is 213 Å². The van der Waals surface area contributed by atoms with Crippen LogP contribution in [-0.2, 0) is 53.0 Å². The summed E-state index contributed by atoms with van der Waals surface area (Å²) in [5, 5.41) is 10.9. The molecule has 0 saturated carbocycles. The molecule has 0 unspecified atom stereocenters. The lowest BCUT2D eigenvalue weighted by molar-refractivity contribution is -0.211. The Kier molecular flexibility index (Phi) is 37.4. The van der Waals surface area contributed by atoms with Crippen LogP contribution in [0.25, 0.3) is 0 Å². The van der Waals surface area contributed by atoms with Gasteiger partial charge in [0.1, 0.15) is 54.4 Å². The van der Waals surface area contributed by atoms with Gasteiger partial charge in [-0.3, -0.25) is 0 Å². The topological polar surface area (TPSA) is 113 Å². The molecule has 0 aliphatic carbocycles. The maximum absolute atomic E-state index is 10.9. The quantitative estimate of drug-likeness (QED) is 0.0431. The molecule has 0 amide bonds. The second-order valence-corrected chi connectivity index (χ2v) is 19.6. The summed E-state index contributed by atoms with van der Waals surface area (Å²) in [5.74, 6) is 0. The molecule has 1 N–H and O–H groups in total. The van der Waals surface area contributed by atoms with Gasteiger partial charge in [0.25, 0.3) is 0 Å². The van der Waals surface area contributed by atoms with Crippen LogP contribution in [0.5, 0.6) is 0 Å². The summed E-state index contributed by atoms with van der Waals surface area (Å²) < 4.78 is 69.3. The highest BCUT2D eigenvalue weighted by atomic mass is 16.6. The van der Waals surface area contributed by atoms with E-state index in [0.717, 1.165) is 119 Å². The molecule has 3 rings (SSSR count). The number of ether oxygens (including phenoxy) is 10. The Morgan fingerprint density at radius 1 is 0.324 bits per heavy atom. The molecule has 11 nitrogen and oxygen atoms in total. The number of unbranched alkanes of at least 4 members (excludes halogenated alkanes) is 8. The summed E-state index contributed by atoms with van der Waals surface area (Å²) in [6.07, 6.45) is 10.3. The summed E-state index contributed by atoms with van der Waals surface area (Å²) in [6, 6.07) is 31.5. The van der Waals surface area contributed by atoms with Crippen LogP contribution in [0.2, 0.25) is 0 Å². The van der Waals surface area contributed by atoms with Gasteiger partial charge in [-0.25, -0.2) is 0 Å². The second-order valence-electron chi connectivity index (χ2n) is 19.6. The van der Waals surface area contributed by atoms with Crippen LogP contribution in [0.3, 0.4) is 0 Å². The third-order valence-electron chi connectivity index (χ3n) is 13.4. The Bertz CT molecular complexity index is 1590. The zero-order chi connectivity index (χ0) is 53.3. The monoisotopic (exact) mass is 1040 g/mol. The first-order chi connectivity index (χ1) is 36.4. The highest BCUT2D eigenvalue weighted by Gasteiger charge is 2.44. The molecular formula is C63H104O11. The molecule has 74 heavy (non-hydrogen) atoms. The number of benzene rings is 3. The number of rotatable bonds is 49. The maximum Gasteiger partial charge on any atom is 0.143 e. The Balaban J connectivity index is 2.19. The van der Waals surface area contributed by atoms with Crippen LogP contribution in [0, 0.1) is 0 Å². The molecule has 3 aromatic rings. The fourth-order valence-corrected chi connectivity index (χ4v) is 8.87. The Morgan fingerprint density at radius 2 is 0.568 bits per heavy atom. The predicted octanol–water partition coefficient (Wildman–Crippen LogP) is 13.5. The van der Waals surface area contributed by atoms with Gasteiger partial charge >= 0.3 is 0 Å². The first kappa shape index (κ1) is 65.5. The van der Waals surface area contributed by atoms with Gasteiger partial charge in [-0.2, -0.15) is 0 Å². The molecule has 0 radical (unpaired) electrons. The van der Waals surface area contributed by atoms with Crippen LogP contribution < -0.4 is 0 Å². The van der Waals surface area contributed by atoms with Crippen molar-refractivity contribution in [3.63, 3.8) is 0 Å². The van der Waals surface area contributed by atoms with Gasteiger partial charge in [-0.05, 0) is 68.1 Å². The van der Waals surface area contributed by atoms with Crippen LogP contribution in [0.15, 0.2) is 91.0 Å². The minimum Gasteiger partial charge on any atom is -0.394 e. The summed E-state index contributed by atoms with van der Waals surface area (Å²) >= 11 is 0. The first-order valence-corrected chi connectivity index (χ1v) is 29.4. The Morgan fingerprint density at radius 3 is 0.838 bits per heavy atom. The van der Waals surface area contributed by atoms with E-state index in [-0.39, 0.29) is 26.4 Å². The van der Waals surface area contributed by atoms with E-state index in [1.807, 2.05) is 18.2 Å². The van der Waals surface area contributed by atoms with Gasteiger partial charge < -0.3 is 52.5 Å². The minimum absolute atomic E-state index is 0.200. The van der Waals surface area contributed by atoms with Crippen LogP contribution in [0.4, 0.5) is 0 Å². The van der Waals surface area contributed by atoms with E-state index in [1.54, 1.807) is 0 Å². The smallest absolute Gasteiger partial charge is 0.143 e. The van der Waals surface area contributed by atoms with Gasteiger partial charge in [0.2, 0.25) is 0 Å². The molecule has 0 fully saturated rings. The first-order valence-electron chi connectivity index (χ1n) is 29.4. The average Bonchev–Trinajstić information content (AvgIpc) is 3.43. The molecule has 0 spiro atoms. The zero-order valence-corrected chi connectivity index (χ0v) is 47.6. The van der Waals surface area contributed by atoms with Crippen molar-refractivity contribution in [2.75, 3.05) is 79.3 Å². The molecule has 0 saturated heterocycles. The van der Waals surface area contributed by atoms with Crippen molar-refractivity contribution in [3.8, 4) is 0 Å². The Labute approximate surface area is 450 Å². The molecule has 0 heterocycles. The molecular weight excluding hydrogens is 933 g/mol. The lowest BCUT2D eigenvalue weighted by atomic mass is 9.80. The number of aliphatic hydroxyl groups is 1. The van der Waals surface area contributed by atoms with Gasteiger partial charge in [0.15, 0.2) is 0 Å². The third-order valence-corrected chi connectivity index (χ3v) is 13.4. The van der Waals surface area contributed by atoms with Crippen LogP contribution in [-0.4, -0.2) is 133 Å². The van der Waals surface area contributed by atoms with E-state index < -0.39 is 54.4 Å². The standard InChI is InChI=1S/C63H104O11/c1-9-17-40-66-55(48-64)59(70-44-21-13-5)60(71-45-22-14-6)56(67-41-18-10-2)49-65-50-57(68-42-19-11-3)61(72-46-23-15-7)62(73-47-24-16-8)58(69-43-20-12-4)51-74-63(52-34-28-25-29-35-52,53-36-30-26-31-37-53)54-38-32-27-33-39-54/h25-39,55-62,64H,9-24,40-51H2,1-8H3/t55-,56-,57+,58+,59-,60-,61+,62+/m0/s1. The van der Waals surface area contributed by atoms with E-state index in [9.17, 15) is 5.11 Å². The third kappa shape index (κ3) is 23.4. The van der Waals surface area contributed by atoms with E-state index in [2.05, 4.69) is 128 Å². The molecule has 0 aromatic heterocycles. The van der Waals surface area contributed by atoms with Crippen molar-refractivity contribution in [3.05, 3.63) is 108 Å². The van der Waals surface area contributed by atoms with Crippen LogP contribution in [0.1, 0.15) is 175 Å². The predicted molar refractivity (Wildman–Crippen MR) is 300 cm³/mol. The zero-order valence-electron chi connectivity index (χ0n) is 47.6. The molecule has 3 aromatic carbocycles. The highest BCUT2D eigenvalue weighted by molar-refractivity contribution is 5.47. The largest absolute Gasteiger partial charge is 0.394 e. The van der Waals surface area contributed by atoms with Crippen LogP contribution >= 0.6 is 0 Å². The van der Waals surface area contributed by atoms with Crippen molar-refractivity contribution in [1.82, 2.24) is 0 Å². The lowest BCUT2D eigenvalue weighted by Gasteiger charge is -2.41. The molecule has 8 atom stereocenters. The van der Waals surface area contributed by atoms with Gasteiger partial charge in [-0.15, -0.1) is 0 Å². The van der Waals surface area contributed by atoms with E-state index >= 15 is 0 Å². The average molecular weight is 1040 g/mol. The van der Waals surface area contributed by atoms with E-state index in [4.69, 9.17) is 47.4 Å². The van der Waals surface area contributed by atoms with Gasteiger partial charge in [0, 0.05) is 52.9 Å². The second kappa shape index (κ2) is 42.3. The summed E-state index contributed by atoms with van der Waals surface area (Å²) in [7, 11) is 0. The van der Waals surface area contributed by atoms with Crippen molar-refractivity contribution < 1.29 is 52.5 Å². The Hall–Kier alpha value is -2.78. The van der Waals surface area contributed by atoms with E-state index in [1.165, 1.54) is 0 Å². The molecule has 0 aliphatic heterocycles. The number of aliphatic hydroxyl groups excluding tert-OH is 1. The summed E-state index contributed by atoms with van der Waals surface area (Å²) in [4.78, 5) is 0. The lowest BCUT2D eigenvalue weighted by Crippen LogP contribution is -2.54. The van der Waals surface area contributed by atoms with Crippen molar-refractivity contribution in [1.29, 1.82) is 0 Å². The summed E-state index contributed by atoms with van der Waals surface area (Å²) in [5.41, 5.74) is 2.07. The minimum atomic E-state index is -0.973. The SMILES string of the molecule is CCCCO[C@H]([C@@H](OCCCC)[C@H](COC[C@@H](OCCCC)[C@@H](OCCCC)[C@H](OCCCC)[C@@H](COC(c1ccccc1)(c1ccccc1)c1ccccc1)OCCCC)OCCCC)[C@H](CO)OCCCC. The number of hydrogen-bond donors (Lipinski definition) is 1. The van der Waals surface area contributed by atoms with Gasteiger partial charge in [-0.1, -0.05) is 198 Å². The fourth-order valence-electron chi connectivity index (χ4n) is 8.87.